The Balaban J connectivity index is 3.16. The Morgan fingerprint density at radius 1 is 1.15 bits per heavy atom. The van der Waals surface area contributed by atoms with Gasteiger partial charge < -0.3 is 20.1 Å². The van der Waals surface area contributed by atoms with Crippen LogP contribution in [0.3, 0.4) is 0 Å². The van der Waals surface area contributed by atoms with Crippen LogP contribution in [0.2, 0.25) is 0 Å². The van der Waals surface area contributed by atoms with Gasteiger partial charge in [-0.1, -0.05) is 13.8 Å². The number of carbonyl (C=O) groups is 1. The molecule has 0 spiro atoms. The third kappa shape index (κ3) is 3.15. The third-order valence-corrected chi connectivity index (χ3v) is 3.68. The molecule has 0 aliphatic heterocycles. The van der Waals surface area contributed by atoms with Crippen molar-refractivity contribution in [1.82, 2.24) is 4.90 Å². The molecule has 20 heavy (non-hydrogen) atoms. The first-order valence-electron chi connectivity index (χ1n) is 6.62. The van der Waals surface area contributed by atoms with Crippen LogP contribution < -0.4 is 15.2 Å². The maximum atomic E-state index is 12.5. The smallest absolute Gasteiger partial charge is 0.256 e. The standard InChI is InChI=1S/C15H24N2O3/c1-9(2)10(3)17(4)15(18)11-7-13(19-5)14(20-6)8-12(11)16/h7-10H,16H2,1-6H3. The highest BCUT2D eigenvalue weighted by Gasteiger charge is 2.23. The number of rotatable bonds is 5. The molecule has 5 heteroatoms. The van der Waals surface area contributed by atoms with Crippen LogP contribution in [-0.2, 0) is 0 Å². The van der Waals surface area contributed by atoms with Gasteiger partial charge in [-0.3, -0.25) is 4.79 Å². The molecule has 1 unspecified atom stereocenters. The topological polar surface area (TPSA) is 64.8 Å². The van der Waals surface area contributed by atoms with Crippen molar-refractivity contribution >= 4 is 11.6 Å². The Kier molecular flexibility index (Phi) is 5.25. The fourth-order valence-electron chi connectivity index (χ4n) is 1.90. The highest BCUT2D eigenvalue weighted by atomic mass is 16.5. The summed E-state index contributed by atoms with van der Waals surface area (Å²) in [4.78, 5) is 14.2. The summed E-state index contributed by atoms with van der Waals surface area (Å²) >= 11 is 0. The largest absolute Gasteiger partial charge is 0.493 e. The van der Waals surface area contributed by atoms with Crippen molar-refractivity contribution < 1.29 is 14.3 Å². The Labute approximate surface area is 120 Å². The highest BCUT2D eigenvalue weighted by molar-refractivity contribution is 6.00. The van der Waals surface area contributed by atoms with Gasteiger partial charge in [0, 0.05) is 24.8 Å². The summed E-state index contributed by atoms with van der Waals surface area (Å²) in [6.07, 6.45) is 0. The van der Waals surface area contributed by atoms with Gasteiger partial charge in [0.15, 0.2) is 11.5 Å². The van der Waals surface area contributed by atoms with Crippen LogP contribution >= 0.6 is 0 Å². The minimum absolute atomic E-state index is 0.120. The first-order valence-corrected chi connectivity index (χ1v) is 6.62. The molecule has 0 aliphatic carbocycles. The number of benzene rings is 1. The van der Waals surface area contributed by atoms with E-state index in [1.165, 1.54) is 14.2 Å². The van der Waals surface area contributed by atoms with Crippen LogP contribution in [0.1, 0.15) is 31.1 Å². The molecule has 1 rings (SSSR count). The van der Waals surface area contributed by atoms with Crippen LogP contribution in [-0.4, -0.2) is 38.1 Å². The van der Waals surface area contributed by atoms with Crippen molar-refractivity contribution in [3.05, 3.63) is 17.7 Å². The summed E-state index contributed by atoms with van der Waals surface area (Å²) in [6.45, 7) is 6.17. The van der Waals surface area contributed by atoms with Crippen molar-refractivity contribution in [3.8, 4) is 11.5 Å². The third-order valence-electron chi connectivity index (χ3n) is 3.68. The Morgan fingerprint density at radius 3 is 2.10 bits per heavy atom. The van der Waals surface area contributed by atoms with E-state index < -0.39 is 0 Å². The Morgan fingerprint density at radius 2 is 1.65 bits per heavy atom. The van der Waals surface area contributed by atoms with Crippen molar-refractivity contribution in [3.63, 3.8) is 0 Å². The van der Waals surface area contributed by atoms with Crippen molar-refractivity contribution in [2.45, 2.75) is 26.8 Å². The van der Waals surface area contributed by atoms with E-state index in [1.807, 2.05) is 6.92 Å². The van der Waals surface area contributed by atoms with Crippen molar-refractivity contribution in [1.29, 1.82) is 0 Å². The number of methoxy groups -OCH3 is 2. The van der Waals surface area contributed by atoms with E-state index in [2.05, 4.69) is 13.8 Å². The Bertz CT molecular complexity index is 486. The number of hydrogen-bond acceptors (Lipinski definition) is 4. The summed E-state index contributed by atoms with van der Waals surface area (Å²) in [5.74, 6) is 1.26. The molecule has 2 N–H and O–H groups in total. The number of nitrogen functional groups attached to an aromatic ring is 1. The lowest BCUT2D eigenvalue weighted by atomic mass is 10.0. The van der Waals surface area contributed by atoms with Crippen molar-refractivity contribution in [2.75, 3.05) is 27.0 Å². The number of carbonyl (C=O) groups excluding carboxylic acids is 1. The normalized spacial score (nSPS) is 12.2. The highest BCUT2D eigenvalue weighted by Crippen LogP contribution is 2.32. The summed E-state index contributed by atoms with van der Waals surface area (Å²) in [6, 6.07) is 3.36. The minimum atomic E-state index is -0.121. The Hall–Kier alpha value is -1.91. The second-order valence-electron chi connectivity index (χ2n) is 5.20. The van der Waals surface area contributed by atoms with Gasteiger partial charge in [-0.2, -0.15) is 0 Å². The molecule has 112 valence electrons. The van der Waals surface area contributed by atoms with Crippen LogP contribution in [0.15, 0.2) is 12.1 Å². The zero-order chi connectivity index (χ0) is 15.4. The SMILES string of the molecule is COc1cc(N)c(C(=O)N(C)C(C)C(C)C)cc1OC. The molecule has 0 heterocycles. The molecule has 1 atom stereocenters. The zero-order valence-corrected chi connectivity index (χ0v) is 13.1. The summed E-state index contributed by atoms with van der Waals surface area (Å²) in [5.41, 5.74) is 6.77. The predicted molar refractivity (Wildman–Crippen MR) is 80.4 cm³/mol. The van der Waals surface area contributed by atoms with Crippen LogP contribution in [0.4, 0.5) is 5.69 Å². The van der Waals surface area contributed by atoms with E-state index in [4.69, 9.17) is 15.2 Å². The molecule has 0 saturated carbocycles. The predicted octanol–water partition coefficient (Wildman–Crippen LogP) is 2.40. The fraction of sp³-hybridized carbons (Fsp3) is 0.533. The molecule has 0 saturated heterocycles. The average Bonchev–Trinajstić information content (AvgIpc) is 2.44. The van der Waals surface area contributed by atoms with Crippen LogP contribution in [0, 0.1) is 5.92 Å². The molecule has 1 amide bonds. The molecule has 0 aromatic heterocycles. The quantitative estimate of drug-likeness (QED) is 0.841. The minimum Gasteiger partial charge on any atom is -0.493 e. The van der Waals surface area contributed by atoms with Gasteiger partial charge in [0.25, 0.3) is 5.91 Å². The number of nitrogens with zero attached hydrogens (tertiary/aromatic N) is 1. The maximum Gasteiger partial charge on any atom is 0.256 e. The second kappa shape index (κ2) is 6.50. The van der Waals surface area contributed by atoms with Gasteiger partial charge in [-0.15, -0.1) is 0 Å². The van der Waals surface area contributed by atoms with Gasteiger partial charge in [0.1, 0.15) is 0 Å². The zero-order valence-electron chi connectivity index (χ0n) is 13.1. The fourth-order valence-corrected chi connectivity index (χ4v) is 1.90. The average molecular weight is 280 g/mol. The first kappa shape index (κ1) is 16.1. The molecular weight excluding hydrogens is 256 g/mol. The lowest BCUT2D eigenvalue weighted by molar-refractivity contribution is 0.0708. The van der Waals surface area contributed by atoms with Gasteiger partial charge in [0.2, 0.25) is 0 Å². The lowest BCUT2D eigenvalue weighted by Gasteiger charge is -2.28. The van der Waals surface area contributed by atoms with Gasteiger partial charge in [-0.05, 0) is 18.9 Å². The van der Waals surface area contributed by atoms with E-state index in [-0.39, 0.29) is 11.9 Å². The molecule has 1 aromatic carbocycles. The number of anilines is 1. The van der Waals surface area contributed by atoms with Crippen LogP contribution in [0.25, 0.3) is 0 Å². The van der Waals surface area contributed by atoms with Crippen molar-refractivity contribution in [2.24, 2.45) is 5.92 Å². The van der Waals surface area contributed by atoms with E-state index in [1.54, 1.807) is 24.1 Å². The van der Waals surface area contributed by atoms with Gasteiger partial charge >= 0.3 is 0 Å². The number of amides is 1. The molecule has 0 fully saturated rings. The van der Waals surface area contributed by atoms with Gasteiger partial charge in [-0.25, -0.2) is 0 Å². The molecule has 0 aliphatic rings. The summed E-state index contributed by atoms with van der Waals surface area (Å²) in [5, 5.41) is 0. The van der Waals surface area contributed by atoms with E-state index in [9.17, 15) is 4.79 Å². The number of ether oxygens (including phenoxy) is 2. The van der Waals surface area contributed by atoms with E-state index in [0.29, 0.717) is 28.7 Å². The lowest BCUT2D eigenvalue weighted by Crippen LogP contribution is -2.38. The number of hydrogen-bond donors (Lipinski definition) is 1. The number of nitrogens with two attached hydrogens (primary N) is 1. The van der Waals surface area contributed by atoms with E-state index >= 15 is 0 Å². The monoisotopic (exact) mass is 280 g/mol. The molecule has 0 bridgehead atoms. The summed E-state index contributed by atoms with van der Waals surface area (Å²) in [7, 11) is 4.84. The molecular formula is C15H24N2O3. The second-order valence-corrected chi connectivity index (χ2v) is 5.20. The summed E-state index contributed by atoms with van der Waals surface area (Å²) < 4.78 is 10.4. The van der Waals surface area contributed by atoms with Crippen LogP contribution in [0.5, 0.6) is 11.5 Å². The van der Waals surface area contributed by atoms with E-state index in [0.717, 1.165) is 0 Å². The molecule has 0 radical (unpaired) electrons. The molecule has 5 nitrogen and oxygen atoms in total. The maximum absolute atomic E-state index is 12.5. The van der Waals surface area contributed by atoms with Gasteiger partial charge in [0.05, 0.1) is 19.8 Å². The first-order chi connectivity index (χ1) is 9.33. The molecule has 1 aromatic rings.